The van der Waals surface area contributed by atoms with Crippen molar-refractivity contribution in [2.75, 3.05) is 6.54 Å². The van der Waals surface area contributed by atoms with Crippen LogP contribution in [0, 0.1) is 0 Å². The van der Waals surface area contributed by atoms with E-state index in [2.05, 4.69) is 12.2 Å². The maximum atomic E-state index is 11.6. The zero-order valence-corrected chi connectivity index (χ0v) is 11.9. The van der Waals surface area contributed by atoms with Crippen LogP contribution in [0.3, 0.4) is 0 Å². The van der Waals surface area contributed by atoms with Crippen LogP contribution < -0.4 is 11.1 Å². The molecular formula is C15H20N2O3. The van der Waals surface area contributed by atoms with E-state index in [9.17, 15) is 9.59 Å². The van der Waals surface area contributed by atoms with Crippen molar-refractivity contribution in [3.63, 3.8) is 0 Å². The van der Waals surface area contributed by atoms with E-state index >= 15 is 0 Å². The third-order valence-corrected chi connectivity index (χ3v) is 3.35. The van der Waals surface area contributed by atoms with Crippen LogP contribution in [0.1, 0.15) is 31.7 Å². The standard InChI is InChI=1S/C15H20N2O3/c1-3-4-9-16-14(18)8-6-11-5-7-13-12(10-11)17(2)15(19)20-13/h5,7,10H,3-4,6,8-9H2,1-2H3,(H,16,18). The topological polar surface area (TPSA) is 64.2 Å². The summed E-state index contributed by atoms with van der Waals surface area (Å²) in [7, 11) is 1.68. The molecule has 0 saturated heterocycles. The fourth-order valence-electron chi connectivity index (χ4n) is 2.08. The van der Waals surface area contributed by atoms with E-state index in [0.717, 1.165) is 30.5 Å². The first-order chi connectivity index (χ1) is 9.61. The lowest BCUT2D eigenvalue weighted by Gasteiger charge is -2.04. The lowest BCUT2D eigenvalue weighted by atomic mass is 10.1. The van der Waals surface area contributed by atoms with Crippen LogP contribution in [-0.2, 0) is 18.3 Å². The van der Waals surface area contributed by atoms with Crippen molar-refractivity contribution < 1.29 is 9.21 Å². The Morgan fingerprint density at radius 1 is 1.40 bits per heavy atom. The molecule has 0 fully saturated rings. The molecule has 0 atom stereocenters. The highest BCUT2D eigenvalue weighted by atomic mass is 16.4. The van der Waals surface area contributed by atoms with E-state index in [-0.39, 0.29) is 11.7 Å². The second-order valence-corrected chi connectivity index (χ2v) is 4.93. The van der Waals surface area contributed by atoms with Gasteiger partial charge in [0.25, 0.3) is 0 Å². The highest BCUT2D eigenvalue weighted by Gasteiger charge is 2.07. The molecule has 1 aromatic heterocycles. The van der Waals surface area contributed by atoms with E-state index in [0.29, 0.717) is 18.4 Å². The number of nitrogens with zero attached hydrogens (tertiary/aromatic N) is 1. The largest absolute Gasteiger partial charge is 0.419 e. The number of aryl methyl sites for hydroxylation is 2. The van der Waals surface area contributed by atoms with Gasteiger partial charge in [0.15, 0.2) is 5.58 Å². The molecule has 0 aliphatic carbocycles. The lowest BCUT2D eigenvalue weighted by Crippen LogP contribution is -2.24. The number of benzene rings is 1. The Balaban J connectivity index is 1.98. The van der Waals surface area contributed by atoms with E-state index in [1.54, 1.807) is 13.1 Å². The maximum Gasteiger partial charge on any atom is 0.419 e. The molecule has 1 amide bonds. The van der Waals surface area contributed by atoms with E-state index in [1.165, 1.54) is 4.57 Å². The first kappa shape index (κ1) is 14.4. The summed E-state index contributed by atoms with van der Waals surface area (Å²) in [6.07, 6.45) is 3.20. The van der Waals surface area contributed by atoms with Crippen LogP contribution in [0.15, 0.2) is 27.4 Å². The maximum absolute atomic E-state index is 11.6. The average Bonchev–Trinajstić information content (AvgIpc) is 2.72. The van der Waals surface area contributed by atoms with Crippen molar-refractivity contribution in [3.8, 4) is 0 Å². The molecule has 1 N–H and O–H groups in total. The zero-order chi connectivity index (χ0) is 14.5. The number of nitrogens with one attached hydrogen (secondary N) is 1. The van der Waals surface area contributed by atoms with Gasteiger partial charge in [-0.25, -0.2) is 4.79 Å². The van der Waals surface area contributed by atoms with E-state index in [1.807, 2.05) is 12.1 Å². The Hall–Kier alpha value is -2.04. The highest BCUT2D eigenvalue weighted by molar-refractivity contribution is 5.77. The molecule has 1 aromatic carbocycles. The number of carbonyl (C=O) groups is 1. The van der Waals surface area contributed by atoms with Gasteiger partial charge in [-0.05, 0) is 30.5 Å². The van der Waals surface area contributed by atoms with Gasteiger partial charge in [0.1, 0.15) is 0 Å². The van der Waals surface area contributed by atoms with Gasteiger partial charge in [-0.15, -0.1) is 0 Å². The first-order valence-electron chi connectivity index (χ1n) is 6.97. The minimum absolute atomic E-state index is 0.0691. The molecule has 20 heavy (non-hydrogen) atoms. The summed E-state index contributed by atoms with van der Waals surface area (Å²) in [5.41, 5.74) is 2.37. The Morgan fingerprint density at radius 3 is 2.95 bits per heavy atom. The molecule has 0 aliphatic heterocycles. The smallest absolute Gasteiger partial charge is 0.408 e. The Bertz CT molecular complexity index is 655. The molecule has 0 saturated carbocycles. The van der Waals surface area contributed by atoms with Crippen LogP contribution >= 0.6 is 0 Å². The fourth-order valence-corrected chi connectivity index (χ4v) is 2.08. The Morgan fingerprint density at radius 2 is 2.20 bits per heavy atom. The number of oxazole rings is 1. The summed E-state index contributed by atoms with van der Waals surface area (Å²) in [6.45, 7) is 2.83. The minimum atomic E-state index is -0.366. The highest BCUT2D eigenvalue weighted by Crippen LogP contribution is 2.15. The minimum Gasteiger partial charge on any atom is -0.408 e. The van der Waals surface area contributed by atoms with Gasteiger partial charge >= 0.3 is 5.76 Å². The van der Waals surface area contributed by atoms with Gasteiger partial charge in [-0.3, -0.25) is 9.36 Å². The van der Waals surface area contributed by atoms with E-state index < -0.39 is 0 Å². The van der Waals surface area contributed by atoms with Crippen LogP contribution in [0.5, 0.6) is 0 Å². The van der Waals surface area contributed by atoms with Crippen molar-refractivity contribution in [1.82, 2.24) is 9.88 Å². The van der Waals surface area contributed by atoms with E-state index in [4.69, 9.17) is 4.42 Å². The molecule has 0 spiro atoms. The molecule has 2 rings (SSSR count). The predicted octanol–water partition coefficient (Wildman–Crippen LogP) is 1.98. The third-order valence-electron chi connectivity index (χ3n) is 3.35. The zero-order valence-electron chi connectivity index (χ0n) is 11.9. The second kappa shape index (κ2) is 6.41. The van der Waals surface area contributed by atoms with Crippen LogP contribution in [0.2, 0.25) is 0 Å². The average molecular weight is 276 g/mol. The van der Waals surface area contributed by atoms with Crippen molar-refractivity contribution in [1.29, 1.82) is 0 Å². The van der Waals surface area contributed by atoms with Crippen molar-refractivity contribution in [2.24, 2.45) is 7.05 Å². The quantitative estimate of drug-likeness (QED) is 0.820. The summed E-state index contributed by atoms with van der Waals surface area (Å²) < 4.78 is 6.55. The first-order valence-corrected chi connectivity index (χ1v) is 6.97. The van der Waals surface area contributed by atoms with Gasteiger partial charge in [0.05, 0.1) is 5.52 Å². The number of fused-ring (bicyclic) bond motifs is 1. The normalized spacial score (nSPS) is 10.9. The summed E-state index contributed by atoms with van der Waals surface area (Å²) in [6, 6.07) is 5.57. The van der Waals surface area contributed by atoms with Crippen LogP contribution in [0.25, 0.3) is 11.1 Å². The number of unbranched alkanes of at least 4 members (excludes halogenated alkanes) is 1. The van der Waals surface area contributed by atoms with Gasteiger partial charge in [-0.2, -0.15) is 0 Å². The third kappa shape index (κ3) is 3.29. The van der Waals surface area contributed by atoms with Gasteiger partial charge in [-0.1, -0.05) is 19.4 Å². The van der Waals surface area contributed by atoms with Crippen LogP contribution in [-0.4, -0.2) is 17.0 Å². The molecule has 2 aromatic rings. The summed E-state index contributed by atoms with van der Waals surface area (Å²) in [5.74, 6) is -0.297. The molecule has 5 heteroatoms. The Labute approximate surface area is 117 Å². The van der Waals surface area contributed by atoms with Gasteiger partial charge in [0.2, 0.25) is 5.91 Å². The molecule has 1 heterocycles. The number of amides is 1. The SMILES string of the molecule is CCCCNC(=O)CCc1ccc2oc(=O)n(C)c2c1. The molecule has 0 aliphatic rings. The predicted molar refractivity (Wildman–Crippen MR) is 77.7 cm³/mol. The number of rotatable bonds is 6. The van der Waals surface area contributed by atoms with Crippen LogP contribution in [0.4, 0.5) is 0 Å². The Kier molecular flexibility index (Phi) is 4.61. The number of hydrogen-bond acceptors (Lipinski definition) is 3. The van der Waals surface area contributed by atoms with Crippen molar-refractivity contribution in [3.05, 3.63) is 34.3 Å². The van der Waals surface area contributed by atoms with Crippen molar-refractivity contribution >= 4 is 17.0 Å². The van der Waals surface area contributed by atoms with Crippen molar-refractivity contribution in [2.45, 2.75) is 32.6 Å². The number of carbonyl (C=O) groups excluding carboxylic acids is 1. The molecular weight excluding hydrogens is 256 g/mol. The lowest BCUT2D eigenvalue weighted by molar-refractivity contribution is -0.121. The fraction of sp³-hybridized carbons (Fsp3) is 0.467. The summed E-state index contributed by atoms with van der Waals surface area (Å²) >= 11 is 0. The second-order valence-electron chi connectivity index (χ2n) is 4.93. The molecule has 5 nitrogen and oxygen atoms in total. The molecule has 108 valence electrons. The van der Waals surface area contributed by atoms with Gasteiger partial charge in [0, 0.05) is 20.0 Å². The monoisotopic (exact) mass is 276 g/mol. The number of hydrogen-bond donors (Lipinski definition) is 1. The molecule has 0 bridgehead atoms. The summed E-state index contributed by atoms with van der Waals surface area (Å²) in [5, 5.41) is 2.89. The number of aromatic nitrogens is 1. The summed E-state index contributed by atoms with van der Waals surface area (Å²) in [4.78, 5) is 23.0. The molecule has 0 unspecified atom stereocenters. The van der Waals surface area contributed by atoms with Gasteiger partial charge < -0.3 is 9.73 Å². The molecule has 0 radical (unpaired) electrons.